The predicted molar refractivity (Wildman–Crippen MR) is 120 cm³/mol. The number of thiazole rings is 1. The first kappa shape index (κ1) is 19.9. The van der Waals surface area contributed by atoms with E-state index >= 15 is 0 Å². The largest absolute Gasteiger partial charge is 0.493 e. The van der Waals surface area contributed by atoms with Crippen molar-refractivity contribution < 1.29 is 14.6 Å². The zero-order valence-corrected chi connectivity index (χ0v) is 18.4. The van der Waals surface area contributed by atoms with E-state index in [0.29, 0.717) is 17.5 Å². The molecule has 1 atom stereocenters. The third-order valence-corrected chi connectivity index (χ3v) is 7.53. The Kier molecular flexibility index (Phi) is 5.17. The summed E-state index contributed by atoms with van der Waals surface area (Å²) < 4.78 is 15.0. The van der Waals surface area contributed by atoms with Crippen LogP contribution in [0.2, 0.25) is 0 Å². The van der Waals surface area contributed by atoms with E-state index in [9.17, 15) is 5.11 Å². The molecule has 1 aliphatic heterocycles. The molecule has 1 N–H and O–H groups in total. The second-order valence-electron chi connectivity index (χ2n) is 8.58. The first-order valence-corrected chi connectivity index (χ1v) is 11.9. The van der Waals surface area contributed by atoms with Crippen LogP contribution in [0.25, 0.3) is 10.5 Å². The predicted octanol–water partition coefficient (Wildman–Crippen LogP) is 3.74. The minimum atomic E-state index is -0.843. The Hall–Kier alpha value is -2.75. The molecule has 1 aromatic carbocycles. The molecular formula is C23H25N5O3S. The fourth-order valence-corrected chi connectivity index (χ4v) is 5.52. The van der Waals surface area contributed by atoms with E-state index in [-0.39, 0.29) is 0 Å². The Balaban J connectivity index is 1.18. The quantitative estimate of drug-likeness (QED) is 0.461. The highest BCUT2D eigenvalue weighted by Crippen LogP contribution is 2.47. The van der Waals surface area contributed by atoms with E-state index in [1.54, 1.807) is 28.5 Å². The Morgan fingerprint density at radius 1 is 1.16 bits per heavy atom. The van der Waals surface area contributed by atoms with Gasteiger partial charge < -0.3 is 14.6 Å². The van der Waals surface area contributed by atoms with E-state index < -0.39 is 6.10 Å². The molecule has 0 bridgehead atoms. The molecule has 2 fully saturated rings. The van der Waals surface area contributed by atoms with Gasteiger partial charge in [0.15, 0.2) is 0 Å². The lowest BCUT2D eigenvalue weighted by Crippen LogP contribution is -2.21. The molecule has 2 aliphatic rings. The number of ether oxygens (including phenoxy) is 2. The van der Waals surface area contributed by atoms with Gasteiger partial charge in [-0.25, -0.2) is 9.67 Å². The molecule has 1 saturated heterocycles. The smallest absolute Gasteiger partial charge is 0.141 e. The highest BCUT2D eigenvalue weighted by molar-refractivity contribution is 7.17. The molecule has 6 rings (SSSR count). The van der Waals surface area contributed by atoms with Crippen LogP contribution in [-0.4, -0.2) is 49.3 Å². The maximum atomic E-state index is 11.2. The molecule has 1 unspecified atom stereocenters. The zero-order chi connectivity index (χ0) is 21.5. The maximum Gasteiger partial charge on any atom is 0.141 e. The van der Waals surface area contributed by atoms with Gasteiger partial charge in [-0.1, -0.05) is 5.21 Å². The van der Waals surface area contributed by atoms with E-state index in [0.717, 1.165) is 54.6 Å². The van der Waals surface area contributed by atoms with Crippen molar-refractivity contribution >= 4 is 16.2 Å². The third kappa shape index (κ3) is 3.80. The molecule has 9 heteroatoms. The number of hydrogen-bond acceptors (Lipinski definition) is 7. The molecule has 3 aromatic heterocycles. The van der Waals surface area contributed by atoms with Crippen molar-refractivity contribution in [1.82, 2.24) is 24.4 Å². The molecule has 32 heavy (non-hydrogen) atoms. The van der Waals surface area contributed by atoms with Crippen LogP contribution >= 0.6 is 11.3 Å². The monoisotopic (exact) mass is 451 g/mol. The SMILES string of the molecule is OC(c1cn(-c2ccc(OCC3CCOCC3)cc2)nn1)c1c(C2CC2)sc2cncn12. The van der Waals surface area contributed by atoms with Gasteiger partial charge in [0.05, 0.1) is 30.4 Å². The van der Waals surface area contributed by atoms with E-state index in [2.05, 4.69) is 15.3 Å². The Morgan fingerprint density at radius 3 is 2.75 bits per heavy atom. The summed E-state index contributed by atoms with van der Waals surface area (Å²) in [6.45, 7) is 2.37. The lowest BCUT2D eigenvalue weighted by atomic mass is 10.0. The number of fused-ring (bicyclic) bond motifs is 1. The minimum absolute atomic E-state index is 0.528. The van der Waals surface area contributed by atoms with Crippen LogP contribution in [0, 0.1) is 5.92 Å². The lowest BCUT2D eigenvalue weighted by Gasteiger charge is -2.22. The van der Waals surface area contributed by atoms with Crippen molar-refractivity contribution in [2.75, 3.05) is 19.8 Å². The summed E-state index contributed by atoms with van der Waals surface area (Å²) in [5.41, 5.74) is 2.27. The summed E-state index contributed by atoms with van der Waals surface area (Å²) in [6, 6.07) is 7.81. The summed E-state index contributed by atoms with van der Waals surface area (Å²) in [5, 5.41) is 19.7. The van der Waals surface area contributed by atoms with Crippen LogP contribution in [0.4, 0.5) is 0 Å². The zero-order valence-electron chi connectivity index (χ0n) is 17.6. The number of nitrogens with zero attached hydrogens (tertiary/aromatic N) is 5. The number of aliphatic hydroxyl groups is 1. The van der Waals surface area contributed by atoms with Crippen LogP contribution in [0.5, 0.6) is 5.75 Å². The fraction of sp³-hybridized carbons (Fsp3) is 0.435. The van der Waals surface area contributed by atoms with Gasteiger partial charge in [0.2, 0.25) is 0 Å². The topological polar surface area (TPSA) is 86.7 Å². The van der Waals surface area contributed by atoms with E-state index in [4.69, 9.17) is 9.47 Å². The number of aromatic nitrogens is 5. The van der Waals surface area contributed by atoms with Crippen LogP contribution in [-0.2, 0) is 4.74 Å². The summed E-state index contributed by atoms with van der Waals surface area (Å²) >= 11 is 1.71. The number of rotatable bonds is 7. The van der Waals surface area contributed by atoms with E-state index in [1.165, 1.54) is 17.7 Å². The van der Waals surface area contributed by atoms with Crippen molar-refractivity contribution in [1.29, 1.82) is 0 Å². The van der Waals surface area contributed by atoms with Gasteiger partial charge in [0.1, 0.15) is 28.7 Å². The fourth-order valence-electron chi connectivity index (χ4n) is 4.22. The van der Waals surface area contributed by atoms with Gasteiger partial charge in [-0.3, -0.25) is 4.40 Å². The molecule has 166 valence electrons. The molecule has 1 saturated carbocycles. The Bertz CT molecular complexity index is 1200. The summed E-state index contributed by atoms with van der Waals surface area (Å²) in [6.07, 6.45) is 9.01. The van der Waals surface area contributed by atoms with Gasteiger partial charge in [0.25, 0.3) is 0 Å². The summed E-state index contributed by atoms with van der Waals surface area (Å²) in [4.78, 5) is 6.51. The van der Waals surface area contributed by atoms with Gasteiger partial charge >= 0.3 is 0 Å². The summed E-state index contributed by atoms with van der Waals surface area (Å²) in [7, 11) is 0. The Labute approximate surface area is 189 Å². The van der Waals surface area contributed by atoms with Gasteiger partial charge in [-0.2, -0.15) is 0 Å². The van der Waals surface area contributed by atoms with Crippen molar-refractivity contribution in [2.45, 2.75) is 37.7 Å². The molecular weight excluding hydrogens is 426 g/mol. The van der Waals surface area contributed by atoms with E-state index in [1.807, 2.05) is 34.9 Å². The molecule has 0 amide bonds. The molecule has 4 heterocycles. The maximum absolute atomic E-state index is 11.2. The highest BCUT2D eigenvalue weighted by Gasteiger charge is 2.33. The van der Waals surface area contributed by atoms with Crippen LogP contribution in [0.15, 0.2) is 43.0 Å². The van der Waals surface area contributed by atoms with Crippen molar-refractivity contribution in [3.63, 3.8) is 0 Å². The first-order valence-electron chi connectivity index (χ1n) is 11.1. The van der Waals surface area contributed by atoms with Crippen LogP contribution in [0.1, 0.15) is 54.0 Å². The number of hydrogen-bond donors (Lipinski definition) is 1. The van der Waals surface area contributed by atoms with Crippen molar-refractivity contribution in [3.05, 3.63) is 59.3 Å². The normalized spacial score (nSPS) is 18.3. The van der Waals surface area contributed by atoms with Crippen LogP contribution < -0.4 is 4.74 Å². The standard InChI is InChI=1S/C23H25N5O3S/c29-22(21-23(16-1-2-16)32-20-11-24-14-27(20)21)19-12-28(26-25-19)17-3-5-18(6-4-17)31-13-15-7-9-30-10-8-15/h3-6,11-12,14-16,22,29H,1-2,7-10,13H2. The van der Waals surface area contributed by atoms with Crippen molar-refractivity contribution in [2.24, 2.45) is 5.92 Å². The average molecular weight is 452 g/mol. The minimum Gasteiger partial charge on any atom is -0.493 e. The molecule has 4 aromatic rings. The highest BCUT2D eigenvalue weighted by atomic mass is 32.1. The number of aliphatic hydroxyl groups excluding tert-OH is 1. The average Bonchev–Trinajstić information content (AvgIpc) is 3.22. The molecule has 0 spiro atoms. The number of imidazole rings is 1. The third-order valence-electron chi connectivity index (χ3n) is 6.26. The second-order valence-corrected chi connectivity index (χ2v) is 9.64. The van der Waals surface area contributed by atoms with Crippen molar-refractivity contribution in [3.8, 4) is 11.4 Å². The summed E-state index contributed by atoms with van der Waals surface area (Å²) in [5.74, 6) is 1.94. The molecule has 0 radical (unpaired) electrons. The lowest BCUT2D eigenvalue weighted by molar-refractivity contribution is 0.0497. The van der Waals surface area contributed by atoms with Gasteiger partial charge in [0, 0.05) is 18.1 Å². The van der Waals surface area contributed by atoms with Crippen LogP contribution in [0.3, 0.4) is 0 Å². The molecule has 8 nitrogen and oxygen atoms in total. The second kappa shape index (κ2) is 8.31. The Morgan fingerprint density at radius 2 is 1.97 bits per heavy atom. The molecule has 1 aliphatic carbocycles. The van der Waals surface area contributed by atoms with Gasteiger partial charge in [-0.15, -0.1) is 16.4 Å². The first-order chi connectivity index (χ1) is 15.8. The number of benzene rings is 1. The van der Waals surface area contributed by atoms with Gasteiger partial charge in [-0.05, 0) is 61.8 Å².